The van der Waals surface area contributed by atoms with Crippen molar-refractivity contribution in [2.75, 3.05) is 5.32 Å². The van der Waals surface area contributed by atoms with Crippen molar-refractivity contribution in [3.8, 4) is 0 Å². The molecule has 112 valence electrons. The number of nitrogens with one attached hydrogen (secondary N) is 1. The Bertz CT molecular complexity index is 763. The lowest BCUT2D eigenvalue weighted by Gasteiger charge is -2.32. The van der Waals surface area contributed by atoms with Gasteiger partial charge in [-0.1, -0.05) is 51.1 Å². The molecule has 3 aromatic rings. The summed E-state index contributed by atoms with van der Waals surface area (Å²) in [6.45, 7) is 6.66. The molecule has 1 N–H and O–H groups in total. The van der Waals surface area contributed by atoms with Crippen molar-refractivity contribution in [1.29, 1.82) is 0 Å². The van der Waals surface area contributed by atoms with Gasteiger partial charge in [0.1, 0.15) is 11.3 Å². The number of hydrogen-bond acceptors (Lipinski definition) is 4. The third-order valence-corrected chi connectivity index (χ3v) is 3.62. The number of rotatable bonds is 3. The van der Waals surface area contributed by atoms with Crippen LogP contribution in [-0.2, 0) is 0 Å². The van der Waals surface area contributed by atoms with Crippen LogP contribution in [-0.4, -0.2) is 15.0 Å². The van der Waals surface area contributed by atoms with Crippen LogP contribution < -0.4 is 5.32 Å². The van der Waals surface area contributed by atoms with Crippen LogP contribution in [0.1, 0.15) is 32.4 Å². The van der Waals surface area contributed by atoms with Crippen molar-refractivity contribution in [2.45, 2.75) is 26.8 Å². The van der Waals surface area contributed by atoms with Gasteiger partial charge in [0.15, 0.2) is 5.65 Å². The smallest absolute Gasteiger partial charge is 0.180 e. The van der Waals surface area contributed by atoms with Crippen LogP contribution >= 0.6 is 0 Å². The number of nitrogens with zero attached hydrogens (tertiary/aromatic N) is 3. The summed E-state index contributed by atoms with van der Waals surface area (Å²) in [5.74, 6) is 0.816. The second kappa shape index (κ2) is 5.72. The van der Waals surface area contributed by atoms with Gasteiger partial charge >= 0.3 is 0 Å². The largest absolute Gasteiger partial charge is 0.363 e. The van der Waals surface area contributed by atoms with Gasteiger partial charge in [-0.15, -0.1) is 0 Å². The molecule has 3 rings (SSSR count). The maximum atomic E-state index is 4.57. The Kier molecular flexibility index (Phi) is 3.75. The van der Waals surface area contributed by atoms with Crippen molar-refractivity contribution in [3.63, 3.8) is 0 Å². The summed E-state index contributed by atoms with van der Waals surface area (Å²) >= 11 is 0. The molecule has 1 aromatic carbocycles. The van der Waals surface area contributed by atoms with E-state index in [2.05, 4.69) is 65.3 Å². The van der Waals surface area contributed by atoms with Crippen LogP contribution in [0.5, 0.6) is 0 Å². The number of pyridine rings is 1. The van der Waals surface area contributed by atoms with Gasteiger partial charge in [0.2, 0.25) is 0 Å². The fourth-order valence-corrected chi connectivity index (χ4v) is 2.53. The van der Waals surface area contributed by atoms with Crippen LogP contribution in [0.15, 0.2) is 54.9 Å². The molecule has 1 atom stereocenters. The van der Waals surface area contributed by atoms with Crippen LogP contribution in [0, 0.1) is 5.41 Å². The molecule has 0 spiro atoms. The number of fused-ring (bicyclic) bond motifs is 1. The molecule has 0 radical (unpaired) electrons. The summed E-state index contributed by atoms with van der Waals surface area (Å²) in [5, 5.41) is 3.55. The van der Waals surface area contributed by atoms with Crippen molar-refractivity contribution in [2.24, 2.45) is 5.41 Å². The van der Waals surface area contributed by atoms with E-state index in [0.717, 1.165) is 11.3 Å². The van der Waals surface area contributed by atoms with Gasteiger partial charge in [-0.05, 0) is 23.1 Å². The third kappa shape index (κ3) is 3.06. The average molecular weight is 292 g/mol. The zero-order valence-corrected chi connectivity index (χ0v) is 13.1. The topological polar surface area (TPSA) is 50.7 Å². The average Bonchev–Trinajstić information content (AvgIpc) is 2.52. The first-order valence-electron chi connectivity index (χ1n) is 7.43. The summed E-state index contributed by atoms with van der Waals surface area (Å²) in [6, 6.07) is 14.5. The minimum Gasteiger partial charge on any atom is -0.363 e. The first kappa shape index (κ1) is 14.4. The zero-order valence-electron chi connectivity index (χ0n) is 13.1. The Hall–Kier alpha value is -2.49. The molecular formula is C18H20N4. The Morgan fingerprint density at radius 3 is 2.36 bits per heavy atom. The molecule has 22 heavy (non-hydrogen) atoms. The number of hydrogen-bond donors (Lipinski definition) is 1. The number of aromatic nitrogens is 3. The van der Waals surface area contributed by atoms with Gasteiger partial charge in [-0.2, -0.15) is 0 Å². The minimum absolute atomic E-state index is 0.0559. The van der Waals surface area contributed by atoms with Crippen molar-refractivity contribution >= 4 is 17.0 Å². The van der Waals surface area contributed by atoms with Gasteiger partial charge in [-0.3, -0.25) is 4.98 Å². The van der Waals surface area contributed by atoms with Gasteiger partial charge in [0, 0.05) is 12.4 Å². The molecule has 0 aliphatic rings. The number of benzene rings is 1. The van der Waals surface area contributed by atoms with Crippen LogP contribution in [0.25, 0.3) is 11.2 Å². The lowest BCUT2D eigenvalue weighted by atomic mass is 9.82. The lowest BCUT2D eigenvalue weighted by molar-refractivity contribution is 0.347. The van der Waals surface area contributed by atoms with Crippen molar-refractivity contribution in [3.05, 3.63) is 60.4 Å². The first-order valence-corrected chi connectivity index (χ1v) is 7.43. The molecule has 4 heteroatoms. The van der Waals surface area contributed by atoms with E-state index < -0.39 is 0 Å². The summed E-state index contributed by atoms with van der Waals surface area (Å²) in [6.07, 6.45) is 3.34. The summed E-state index contributed by atoms with van der Waals surface area (Å²) in [7, 11) is 0. The maximum Gasteiger partial charge on any atom is 0.180 e. The van der Waals surface area contributed by atoms with E-state index >= 15 is 0 Å². The van der Waals surface area contributed by atoms with E-state index in [4.69, 9.17) is 0 Å². The van der Waals surface area contributed by atoms with E-state index in [0.29, 0.717) is 5.65 Å². The SMILES string of the molecule is CC(C)(C)C(Nc1ccc2nccnc2n1)c1ccccc1. The van der Waals surface area contributed by atoms with Crippen LogP contribution in [0.3, 0.4) is 0 Å². The number of anilines is 1. The van der Waals surface area contributed by atoms with E-state index in [1.54, 1.807) is 12.4 Å². The monoisotopic (exact) mass is 292 g/mol. The molecule has 0 fully saturated rings. The molecule has 2 heterocycles. The molecule has 1 unspecified atom stereocenters. The normalized spacial score (nSPS) is 13.0. The highest BCUT2D eigenvalue weighted by molar-refractivity contribution is 5.71. The third-order valence-electron chi connectivity index (χ3n) is 3.62. The Morgan fingerprint density at radius 1 is 0.909 bits per heavy atom. The zero-order chi connectivity index (χ0) is 15.6. The van der Waals surface area contributed by atoms with E-state index in [9.17, 15) is 0 Å². The summed E-state index contributed by atoms with van der Waals surface area (Å²) < 4.78 is 0. The highest BCUT2D eigenvalue weighted by Gasteiger charge is 2.26. The standard InChI is InChI=1S/C18H20N4/c1-18(2,3)16(13-7-5-4-6-8-13)21-15-10-9-14-17(22-15)20-12-11-19-14/h4-12,16H,1-3H3,(H,20,21,22). The minimum atomic E-state index is 0.0559. The molecule has 2 aromatic heterocycles. The van der Waals surface area contributed by atoms with Crippen molar-refractivity contribution < 1.29 is 0 Å². The molecule has 0 bridgehead atoms. The maximum absolute atomic E-state index is 4.57. The highest BCUT2D eigenvalue weighted by atomic mass is 15.0. The molecule has 0 saturated carbocycles. The molecule has 0 saturated heterocycles. The predicted octanol–water partition coefficient (Wildman–Crippen LogP) is 4.22. The predicted molar refractivity (Wildman–Crippen MR) is 89.6 cm³/mol. The fourth-order valence-electron chi connectivity index (χ4n) is 2.53. The summed E-state index contributed by atoms with van der Waals surface area (Å²) in [4.78, 5) is 13.1. The summed E-state index contributed by atoms with van der Waals surface area (Å²) in [5.41, 5.74) is 2.77. The van der Waals surface area contributed by atoms with Crippen LogP contribution in [0.4, 0.5) is 5.82 Å². The Morgan fingerprint density at radius 2 is 1.64 bits per heavy atom. The Balaban J connectivity index is 1.95. The molecule has 4 nitrogen and oxygen atoms in total. The van der Waals surface area contributed by atoms with Gasteiger partial charge < -0.3 is 5.32 Å². The lowest BCUT2D eigenvalue weighted by Crippen LogP contribution is -2.26. The van der Waals surface area contributed by atoms with Gasteiger partial charge in [0.25, 0.3) is 0 Å². The molecule has 0 aliphatic heterocycles. The molecule has 0 aliphatic carbocycles. The van der Waals surface area contributed by atoms with Crippen molar-refractivity contribution in [1.82, 2.24) is 15.0 Å². The van der Waals surface area contributed by atoms with Gasteiger partial charge in [-0.25, -0.2) is 9.97 Å². The first-order chi connectivity index (χ1) is 10.5. The Labute approximate surface area is 130 Å². The van der Waals surface area contributed by atoms with Crippen LogP contribution in [0.2, 0.25) is 0 Å². The second-order valence-electron chi connectivity index (χ2n) is 6.45. The van der Waals surface area contributed by atoms with Gasteiger partial charge in [0.05, 0.1) is 6.04 Å². The van der Waals surface area contributed by atoms with E-state index in [1.165, 1.54) is 5.56 Å². The van der Waals surface area contributed by atoms with E-state index in [1.807, 2.05) is 18.2 Å². The quantitative estimate of drug-likeness (QED) is 0.785. The van der Waals surface area contributed by atoms with E-state index in [-0.39, 0.29) is 11.5 Å². The second-order valence-corrected chi connectivity index (χ2v) is 6.45. The fraction of sp³-hybridized carbons (Fsp3) is 0.278. The highest BCUT2D eigenvalue weighted by Crippen LogP contribution is 2.35. The molecular weight excluding hydrogens is 272 g/mol. The molecule has 0 amide bonds.